The van der Waals surface area contributed by atoms with Crippen molar-refractivity contribution in [3.63, 3.8) is 0 Å². The summed E-state index contributed by atoms with van der Waals surface area (Å²) in [6.07, 6.45) is 10.8. The standard InChI is InChI=1S/C19H24O9P2/c1-4-17-10-18(13-20)12-19(11-17)26-14-16(3)7-5-6-15(2)8-9-27-30(24,25)28-29(21,22)23/h1,7-8,10-13H,5-6,9,14H2,2-3H3,(H,24,25)(H2,21,22,23). The van der Waals surface area contributed by atoms with E-state index < -0.39 is 15.6 Å². The lowest BCUT2D eigenvalue weighted by Gasteiger charge is -2.11. The largest absolute Gasteiger partial charge is 0.489 e. The second-order valence-corrected chi connectivity index (χ2v) is 9.15. The Hall–Kier alpha value is -2.01. The molecule has 0 aliphatic heterocycles. The maximum Gasteiger partial charge on any atom is 0.481 e. The number of hydrogen-bond donors (Lipinski definition) is 3. The number of carbonyl (C=O) groups is 1. The van der Waals surface area contributed by atoms with Crippen LogP contribution in [0, 0.1) is 12.3 Å². The van der Waals surface area contributed by atoms with Crippen molar-refractivity contribution in [1.82, 2.24) is 0 Å². The highest BCUT2D eigenvalue weighted by atomic mass is 31.3. The van der Waals surface area contributed by atoms with Crippen LogP contribution in [-0.4, -0.2) is 34.2 Å². The molecule has 1 unspecified atom stereocenters. The van der Waals surface area contributed by atoms with Crippen molar-refractivity contribution in [3.8, 4) is 18.1 Å². The molecule has 11 heteroatoms. The summed E-state index contributed by atoms with van der Waals surface area (Å²) in [6, 6.07) is 4.86. The van der Waals surface area contributed by atoms with E-state index in [1.165, 1.54) is 6.08 Å². The highest BCUT2D eigenvalue weighted by Crippen LogP contribution is 2.57. The van der Waals surface area contributed by atoms with Gasteiger partial charge < -0.3 is 19.4 Å². The predicted octanol–water partition coefficient (Wildman–Crippen LogP) is 3.76. The third-order valence-corrected chi connectivity index (χ3v) is 5.76. The van der Waals surface area contributed by atoms with Crippen LogP contribution in [0.5, 0.6) is 5.75 Å². The minimum atomic E-state index is -5.12. The first-order chi connectivity index (χ1) is 13.9. The maximum absolute atomic E-state index is 11.3. The molecule has 0 spiro atoms. The molecule has 0 fully saturated rings. The average molecular weight is 458 g/mol. The smallest absolute Gasteiger partial charge is 0.481 e. The van der Waals surface area contributed by atoms with E-state index in [2.05, 4.69) is 14.8 Å². The van der Waals surface area contributed by atoms with Gasteiger partial charge in [0.15, 0.2) is 0 Å². The lowest BCUT2D eigenvalue weighted by molar-refractivity contribution is 0.112. The number of phosphoric ester groups is 1. The van der Waals surface area contributed by atoms with Crippen LogP contribution in [0.3, 0.4) is 0 Å². The van der Waals surface area contributed by atoms with Crippen LogP contribution >= 0.6 is 15.6 Å². The van der Waals surface area contributed by atoms with Gasteiger partial charge in [-0.3, -0.25) is 9.32 Å². The molecule has 9 nitrogen and oxygen atoms in total. The molecule has 0 aliphatic carbocycles. The minimum Gasteiger partial charge on any atom is -0.489 e. The molecule has 0 heterocycles. The number of ether oxygens (including phenoxy) is 1. The highest BCUT2D eigenvalue weighted by molar-refractivity contribution is 7.60. The van der Waals surface area contributed by atoms with E-state index in [1.54, 1.807) is 25.1 Å². The number of rotatable bonds is 12. The van der Waals surface area contributed by atoms with Gasteiger partial charge in [-0.05, 0) is 50.5 Å². The van der Waals surface area contributed by atoms with Gasteiger partial charge in [0.1, 0.15) is 18.6 Å². The Bertz CT molecular complexity index is 938. The molecule has 3 N–H and O–H groups in total. The van der Waals surface area contributed by atoms with Gasteiger partial charge in [-0.2, -0.15) is 4.31 Å². The summed E-state index contributed by atoms with van der Waals surface area (Å²) in [4.78, 5) is 37.1. The van der Waals surface area contributed by atoms with Gasteiger partial charge in [-0.25, -0.2) is 9.13 Å². The summed E-state index contributed by atoms with van der Waals surface area (Å²) in [7, 11) is -9.96. The Morgan fingerprint density at radius 2 is 1.83 bits per heavy atom. The zero-order valence-corrected chi connectivity index (χ0v) is 18.3. The zero-order valence-electron chi connectivity index (χ0n) is 16.6. The van der Waals surface area contributed by atoms with Crippen molar-refractivity contribution >= 4 is 21.9 Å². The Kier molecular flexibility index (Phi) is 10.4. The Labute approximate surface area is 175 Å². The normalized spacial score (nSPS) is 14.7. The molecule has 0 amide bonds. The fourth-order valence-electron chi connectivity index (χ4n) is 2.19. The first-order valence-corrected chi connectivity index (χ1v) is 11.7. The summed E-state index contributed by atoms with van der Waals surface area (Å²) < 4.78 is 35.7. The fourth-order valence-corrected chi connectivity index (χ4v) is 3.72. The van der Waals surface area contributed by atoms with Crippen molar-refractivity contribution in [2.75, 3.05) is 13.2 Å². The third kappa shape index (κ3) is 11.2. The maximum atomic E-state index is 11.3. The SMILES string of the molecule is C#Cc1cc(C=O)cc(OCC(C)=CCCC(C)=CCOP(=O)(O)OP(=O)(O)O)c1. The number of benzene rings is 1. The Balaban J connectivity index is 2.47. The van der Waals surface area contributed by atoms with E-state index in [0.29, 0.717) is 42.6 Å². The lowest BCUT2D eigenvalue weighted by Crippen LogP contribution is -2.00. The molecule has 0 aliphatic rings. The Morgan fingerprint density at radius 1 is 1.13 bits per heavy atom. The molecule has 1 rings (SSSR count). The predicted molar refractivity (Wildman–Crippen MR) is 111 cm³/mol. The molecule has 0 saturated carbocycles. The van der Waals surface area contributed by atoms with Gasteiger partial charge in [0, 0.05) is 11.1 Å². The van der Waals surface area contributed by atoms with Crippen molar-refractivity contribution in [2.24, 2.45) is 0 Å². The fraction of sp³-hybridized carbons (Fsp3) is 0.316. The molecule has 0 radical (unpaired) electrons. The zero-order chi connectivity index (χ0) is 22.8. The van der Waals surface area contributed by atoms with Crippen LogP contribution in [0.25, 0.3) is 0 Å². The van der Waals surface area contributed by atoms with E-state index in [1.807, 2.05) is 13.0 Å². The van der Waals surface area contributed by atoms with E-state index in [4.69, 9.17) is 25.8 Å². The number of terminal acetylenes is 1. The van der Waals surface area contributed by atoms with Gasteiger partial charge in [0.25, 0.3) is 0 Å². The molecule has 164 valence electrons. The van der Waals surface area contributed by atoms with Crippen LogP contribution in [0.15, 0.2) is 41.5 Å². The van der Waals surface area contributed by atoms with Crippen molar-refractivity contribution in [3.05, 3.63) is 52.6 Å². The average Bonchev–Trinajstić information content (AvgIpc) is 2.63. The molecule has 30 heavy (non-hydrogen) atoms. The lowest BCUT2D eigenvalue weighted by atomic mass is 10.1. The first kappa shape index (κ1) is 26.0. The van der Waals surface area contributed by atoms with Crippen LogP contribution in [-0.2, 0) is 18.0 Å². The monoisotopic (exact) mass is 458 g/mol. The van der Waals surface area contributed by atoms with E-state index >= 15 is 0 Å². The summed E-state index contributed by atoms with van der Waals surface area (Å²) in [6.45, 7) is 3.64. The van der Waals surface area contributed by atoms with Crippen molar-refractivity contribution in [2.45, 2.75) is 26.7 Å². The van der Waals surface area contributed by atoms with E-state index in [0.717, 1.165) is 11.1 Å². The molecule has 0 saturated heterocycles. The van der Waals surface area contributed by atoms with Crippen molar-refractivity contribution < 1.29 is 42.2 Å². The number of phosphoric acid groups is 2. The quantitative estimate of drug-likeness (QED) is 0.185. The number of carbonyl (C=O) groups excluding carboxylic acids is 1. The highest BCUT2D eigenvalue weighted by Gasteiger charge is 2.31. The van der Waals surface area contributed by atoms with Crippen LogP contribution in [0.1, 0.15) is 42.6 Å². The van der Waals surface area contributed by atoms with Crippen molar-refractivity contribution in [1.29, 1.82) is 0 Å². The molecular weight excluding hydrogens is 434 g/mol. The number of aldehydes is 1. The molecule has 1 aromatic rings. The summed E-state index contributed by atoms with van der Waals surface area (Å²) in [5, 5.41) is 0. The molecule has 0 bridgehead atoms. The number of hydrogen-bond acceptors (Lipinski definition) is 6. The van der Waals surface area contributed by atoms with Crippen LogP contribution in [0.4, 0.5) is 0 Å². The minimum absolute atomic E-state index is 0.311. The topological polar surface area (TPSA) is 140 Å². The molecule has 0 aromatic heterocycles. The number of allylic oxidation sites excluding steroid dienone is 2. The summed E-state index contributed by atoms with van der Waals surface area (Å²) >= 11 is 0. The van der Waals surface area contributed by atoms with Gasteiger partial charge in [0.2, 0.25) is 0 Å². The van der Waals surface area contributed by atoms with E-state index in [-0.39, 0.29) is 6.61 Å². The van der Waals surface area contributed by atoms with Gasteiger partial charge in [0.05, 0.1) is 6.61 Å². The summed E-state index contributed by atoms with van der Waals surface area (Å²) in [5.74, 6) is 2.96. The van der Waals surface area contributed by atoms with Gasteiger partial charge >= 0.3 is 15.6 Å². The molecular formula is C19H24O9P2. The molecule has 1 atom stereocenters. The second kappa shape index (κ2) is 12.0. The van der Waals surface area contributed by atoms with Crippen LogP contribution in [0.2, 0.25) is 0 Å². The Morgan fingerprint density at radius 3 is 2.43 bits per heavy atom. The van der Waals surface area contributed by atoms with E-state index in [9.17, 15) is 13.9 Å². The van der Waals surface area contributed by atoms with Crippen LogP contribution < -0.4 is 4.74 Å². The first-order valence-electron chi connectivity index (χ1n) is 8.69. The van der Waals surface area contributed by atoms with Gasteiger partial charge in [-0.15, -0.1) is 6.42 Å². The van der Waals surface area contributed by atoms with Gasteiger partial charge in [-0.1, -0.05) is 23.6 Å². The third-order valence-electron chi connectivity index (χ3n) is 3.61. The molecule has 1 aromatic carbocycles. The second-order valence-electron chi connectivity index (χ2n) is 6.32. The summed E-state index contributed by atoms with van der Waals surface area (Å²) in [5.41, 5.74) is 2.78.